The summed E-state index contributed by atoms with van der Waals surface area (Å²) >= 11 is 3.38. The lowest BCUT2D eigenvalue weighted by atomic mass is 10.1. The molecule has 0 bridgehead atoms. The molecule has 0 fully saturated rings. The first kappa shape index (κ1) is 9.49. The first-order chi connectivity index (χ1) is 6.77. The molecule has 1 aromatic carbocycles. The first-order valence-corrected chi connectivity index (χ1v) is 5.11. The number of hydrogen-bond acceptors (Lipinski definition) is 2. The minimum Gasteiger partial charge on any atom is -0.467 e. The fraction of sp³-hybridized carbons (Fsp3) is 0.0909. The van der Waals surface area contributed by atoms with Crippen molar-refractivity contribution in [1.29, 1.82) is 0 Å². The molecule has 0 aliphatic carbocycles. The zero-order valence-electron chi connectivity index (χ0n) is 7.48. The van der Waals surface area contributed by atoms with Gasteiger partial charge in [-0.15, -0.1) is 0 Å². The number of rotatable bonds is 2. The highest BCUT2D eigenvalue weighted by atomic mass is 79.9. The van der Waals surface area contributed by atoms with Crippen LogP contribution in [-0.2, 0) is 0 Å². The highest BCUT2D eigenvalue weighted by Crippen LogP contribution is 2.21. The van der Waals surface area contributed by atoms with Crippen LogP contribution in [0.2, 0.25) is 0 Å². The Labute approximate surface area is 90.9 Å². The van der Waals surface area contributed by atoms with Gasteiger partial charge in [0.15, 0.2) is 0 Å². The number of benzene rings is 1. The molecule has 0 aliphatic heterocycles. The Bertz CT molecular complexity index is 394. The molecule has 72 valence electrons. The van der Waals surface area contributed by atoms with Gasteiger partial charge in [-0.25, -0.2) is 0 Å². The number of nitrogens with two attached hydrogens (primary N) is 1. The van der Waals surface area contributed by atoms with Crippen LogP contribution < -0.4 is 5.73 Å². The molecule has 2 N–H and O–H groups in total. The molecule has 1 unspecified atom stereocenters. The maximum Gasteiger partial charge on any atom is 0.124 e. The van der Waals surface area contributed by atoms with Gasteiger partial charge in [-0.3, -0.25) is 0 Å². The third-order valence-electron chi connectivity index (χ3n) is 2.08. The normalized spacial score (nSPS) is 12.7. The molecule has 1 atom stereocenters. The Morgan fingerprint density at radius 3 is 2.43 bits per heavy atom. The highest BCUT2D eigenvalue weighted by molar-refractivity contribution is 9.10. The van der Waals surface area contributed by atoms with Crippen molar-refractivity contribution in [3.05, 3.63) is 58.5 Å². The SMILES string of the molecule is NC(c1ccc(Br)cc1)c1ccco1. The maximum atomic E-state index is 6.00. The van der Waals surface area contributed by atoms with Crippen molar-refractivity contribution in [3.8, 4) is 0 Å². The topological polar surface area (TPSA) is 39.2 Å². The Morgan fingerprint density at radius 1 is 1.14 bits per heavy atom. The summed E-state index contributed by atoms with van der Waals surface area (Å²) in [7, 11) is 0. The zero-order valence-corrected chi connectivity index (χ0v) is 9.07. The summed E-state index contributed by atoms with van der Waals surface area (Å²) < 4.78 is 6.29. The molecule has 2 aromatic rings. The predicted molar refractivity (Wildman–Crippen MR) is 58.9 cm³/mol. The predicted octanol–water partition coefficient (Wildman–Crippen LogP) is 3.09. The van der Waals surface area contributed by atoms with E-state index in [-0.39, 0.29) is 6.04 Å². The Hall–Kier alpha value is -1.06. The number of hydrogen-bond donors (Lipinski definition) is 1. The van der Waals surface area contributed by atoms with E-state index in [9.17, 15) is 0 Å². The van der Waals surface area contributed by atoms with Gasteiger partial charge in [0.05, 0.1) is 12.3 Å². The second-order valence-corrected chi connectivity index (χ2v) is 3.96. The largest absolute Gasteiger partial charge is 0.467 e. The summed E-state index contributed by atoms with van der Waals surface area (Å²) in [5, 5.41) is 0. The Balaban J connectivity index is 2.28. The lowest BCUT2D eigenvalue weighted by Crippen LogP contribution is -2.10. The molecule has 0 radical (unpaired) electrons. The van der Waals surface area contributed by atoms with Gasteiger partial charge in [0.2, 0.25) is 0 Å². The molecule has 0 saturated heterocycles. The fourth-order valence-electron chi connectivity index (χ4n) is 1.30. The van der Waals surface area contributed by atoms with Crippen molar-refractivity contribution in [2.45, 2.75) is 6.04 Å². The number of furan rings is 1. The molecule has 2 rings (SSSR count). The van der Waals surface area contributed by atoms with Gasteiger partial charge in [-0.2, -0.15) is 0 Å². The lowest BCUT2D eigenvalue weighted by molar-refractivity contribution is 0.490. The molecule has 0 aliphatic rings. The molecular weight excluding hydrogens is 242 g/mol. The summed E-state index contributed by atoms with van der Waals surface area (Å²) in [4.78, 5) is 0. The van der Waals surface area contributed by atoms with Crippen LogP contribution in [0.1, 0.15) is 17.4 Å². The van der Waals surface area contributed by atoms with Crippen molar-refractivity contribution in [1.82, 2.24) is 0 Å². The Morgan fingerprint density at radius 2 is 1.86 bits per heavy atom. The minimum absolute atomic E-state index is 0.182. The third kappa shape index (κ3) is 1.89. The maximum absolute atomic E-state index is 6.00. The van der Waals surface area contributed by atoms with Gasteiger partial charge in [-0.05, 0) is 29.8 Å². The molecule has 3 heteroatoms. The van der Waals surface area contributed by atoms with Crippen LogP contribution in [0, 0.1) is 0 Å². The van der Waals surface area contributed by atoms with Crippen LogP contribution >= 0.6 is 15.9 Å². The monoisotopic (exact) mass is 251 g/mol. The lowest BCUT2D eigenvalue weighted by Gasteiger charge is -2.08. The highest BCUT2D eigenvalue weighted by Gasteiger charge is 2.10. The zero-order chi connectivity index (χ0) is 9.97. The van der Waals surface area contributed by atoms with Crippen molar-refractivity contribution >= 4 is 15.9 Å². The van der Waals surface area contributed by atoms with Crippen LogP contribution in [-0.4, -0.2) is 0 Å². The van der Waals surface area contributed by atoms with E-state index in [0.29, 0.717) is 0 Å². The molecule has 0 saturated carbocycles. The average molecular weight is 252 g/mol. The van der Waals surface area contributed by atoms with E-state index in [1.807, 2.05) is 36.4 Å². The van der Waals surface area contributed by atoms with Gasteiger partial charge >= 0.3 is 0 Å². The number of halogens is 1. The van der Waals surface area contributed by atoms with Crippen LogP contribution in [0.15, 0.2) is 51.6 Å². The standard InChI is InChI=1S/C11H10BrNO/c12-9-5-3-8(4-6-9)11(13)10-2-1-7-14-10/h1-7,11H,13H2. The van der Waals surface area contributed by atoms with Crippen LogP contribution in [0.3, 0.4) is 0 Å². The van der Waals surface area contributed by atoms with Crippen LogP contribution in [0.5, 0.6) is 0 Å². The van der Waals surface area contributed by atoms with E-state index < -0.39 is 0 Å². The third-order valence-corrected chi connectivity index (χ3v) is 2.61. The van der Waals surface area contributed by atoms with E-state index in [1.165, 1.54) is 0 Å². The molecule has 1 heterocycles. The summed E-state index contributed by atoms with van der Waals surface area (Å²) in [6.45, 7) is 0. The summed E-state index contributed by atoms with van der Waals surface area (Å²) in [5.74, 6) is 0.785. The van der Waals surface area contributed by atoms with Gasteiger partial charge in [0.1, 0.15) is 5.76 Å². The van der Waals surface area contributed by atoms with Crippen molar-refractivity contribution in [2.75, 3.05) is 0 Å². The molecule has 1 aromatic heterocycles. The molecule has 2 nitrogen and oxygen atoms in total. The second kappa shape index (κ2) is 3.98. The average Bonchev–Trinajstić information content (AvgIpc) is 2.71. The minimum atomic E-state index is -0.182. The first-order valence-electron chi connectivity index (χ1n) is 4.32. The van der Waals surface area contributed by atoms with E-state index in [0.717, 1.165) is 15.8 Å². The summed E-state index contributed by atoms with van der Waals surface area (Å²) in [6.07, 6.45) is 1.63. The quantitative estimate of drug-likeness (QED) is 0.891. The molecule has 0 amide bonds. The van der Waals surface area contributed by atoms with Gasteiger partial charge < -0.3 is 10.2 Å². The second-order valence-electron chi connectivity index (χ2n) is 3.04. The van der Waals surface area contributed by atoms with Gasteiger partial charge in [-0.1, -0.05) is 28.1 Å². The van der Waals surface area contributed by atoms with E-state index in [2.05, 4.69) is 15.9 Å². The van der Waals surface area contributed by atoms with Crippen LogP contribution in [0.25, 0.3) is 0 Å². The Kier molecular flexibility index (Phi) is 2.70. The summed E-state index contributed by atoms with van der Waals surface area (Å²) in [6, 6.07) is 11.4. The molecule has 0 spiro atoms. The smallest absolute Gasteiger partial charge is 0.124 e. The van der Waals surface area contributed by atoms with E-state index in [1.54, 1.807) is 6.26 Å². The van der Waals surface area contributed by atoms with Crippen molar-refractivity contribution < 1.29 is 4.42 Å². The van der Waals surface area contributed by atoms with E-state index >= 15 is 0 Å². The van der Waals surface area contributed by atoms with Crippen molar-refractivity contribution in [3.63, 3.8) is 0 Å². The van der Waals surface area contributed by atoms with E-state index in [4.69, 9.17) is 10.2 Å². The van der Waals surface area contributed by atoms with Crippen molar-refractivity contribution in [2.24, 2.45) is 5.73 Å². The van der Waals surface area contributed by atoms with Gasteiger partial charge in [0, 0.05) is 4.47 Å². The summed E-state index contributed by atoms with van der Waals surface area (Å²) in [5.41, 5.74) is 7.05. The van der Waals surface area contributed by atoms with Crippen LogP contribution in [0.4, 0.5) is 0 Å². The fourth-order valence-corrected chi connectivity index (χ4v) is 1.57. The molecular formula is C11H10BrNO. The molecule has 14 heavy (non-hydrogen) atoms. The van der Waals surface area contributed by atoms with Gasteiger partial charge in [0.25, 0.3) is 0 Å².